The van der Waals surface area contributed by atoms with E-state index in [-0.39, 0.29) is 12.5 Å². The first-order valence-electron chi connectivity index (χ1n) is 4.38. The van der Waals surface area contributed by atoms with Crippen molar-refractivity contribution in [2.45, 2.75) is 13.5 Å². The highest BCUT2D eigenvalue weighted by Gasteiger charge is 2.05. The van der Waals surface area contributed by atoms with Gasteiger partial charge in [0, 0.05) is 11.8 Å². The average Bonchev–Trinajstić information content (AvgIpc) is 2.77. The number of aryl methyl sites for hydroxylation is 1. The largest absolute Gasteiger partial charge is 0.308 e. The van der Waals surface area contributed by atoms with Crippen LogP contribution in [0.3, 0.4) is 0 Å². The second-order valence-electron chi connectivity index (χ2n) is 3.08. The minimum atomic E-state index is -0.188. The van der Waals surface area contributed by atoms with Crippen molar-refractivity contribution in [3.05, 3.63) is 24.4 Å². The van der Waals surface area contributed by atoms with Crippen molar-refractivity contribution in [3.8, 4) is 0 Å². The summed E-state index contributed by atoms with van der Waals surface area (Å²) in [5.74, 6) is 0.324. The van der Waals surface area contributed by atoms with Crippen LogP contribution >= 0.6 is 0 Å². The summed E-state index contributed by atoms with van der Waals surface area (Å²) in [5, 5.41) is 13.1. The minimum absolute atomic E-state index is 0.131. The van der Waals surface area contributed by atoms with Crippen molar-refractivity contribution in [1.29, 1.82) is 0 Å². The third-order valence-electron chi connectivity index (χ3n) is 1.75. The SMILES string of the molecule is Cc1cc(NC(=O)Cn2cncn2)n[nH]1. The van der Waals surface area contributed by atoms with E-state index in [9.17, 15) is 4.79 Å². The summed E-state index contributed by atoms with van der Waals surface area (Å²) in [7, 11) is 0. The fourth-order valence-corrected chi connectivity index (χ4v) is 1.13. The number of nitrogens with zero attached hydrogens (tertiary/aromatic N) is 4. The monoisotopic (exact) mass is 206 g/mol. The number of hydrogen-bond acceptors (Lipinski definition) is 4. The molecule has 2 N–H and O–H groups in total. The van der Waals surface area contributed by atoms with E-state index >= 15 is 0 Å². The molecular formula is C8H10N6O. The first-order valence-corrected chi connectivity index (χ1v) is 4.38. The maximum absolute atomic E-state index is 11.4. The van der Waals surface area contributed by atoms with Crippen LogP contribution in [0.25, 0.3) is 0 Å². The van der Waals surface area contributed by atoms with E-state index in [0.29, 0.717) is 5.82 Å². The van der Waals surface area contributed by atoms with Gasteiger partial charge in [0.25, 0.3) is 0 Å². The molecule has 2 rings (SSSR count). The maximum atomic E-state index is 11.4. The van der Waals surface area contributed by atoms with Gasteiger partial charge < -0.3 is 5.32 Å². The molecule has 0 radical (unpaired) electrons. The summed E-state index contributed by atoms with van der Waals surface area (Å²) in [6.07, 6.45) is 2.86. The molecule has 7 nitrogen and oxygen atoms in total. The lowest BCUT2D eigenvalue weighted by Crippen LogP contribution is -2.19. The van der Waals surface area contributed by atoms with Crippen molar-refractivity contribution < 1.29 is 4.79 Å². The van der Waals surface area contributed by atoms with Crippen LogP contribution in [0.5, 0.6) is 0 Å². The Kier molecular flexibility index (Phi) is 2.44. The third kappa shape index (κ3) is 2.39. The number of carbonyl (C=O) groups is 1. The summed E-state index contributed by atoms with van der Waals surface area (Å²) < 4.78 is 1.44. The molecule has 0 saturated heterocycles. The number of amides is 1. The highest BCUT2D eigenvalue weighted by Crippen LogP contribution is 2.03. The number of H-pyrrole nitrogens is 1. The lowest BCUT2D eigenvalue weighted by molar-refractivity contribution is -0.116. The van der Waals surface area contributed by atoms with Gasteiger partial charge in [-0.1, -0.05) is 0 Å². The van der Waals surface area contributed by atoms with Crippen LogP contribution < -0.4 is 5.32 Å². The van der Waals surface area contributed by atoms with E-state index in [1.54, 1.807) is 6.07 Å². The van der Waals surface area contributed by atoms with Crippen LogP contribution in [0.1, 0.15) is 5.69 Å². The van der Waals surface area contributed by atoms with Gasteiger partial charge in [0.2, 0.25) is 5.91 Å². The highest BCUT2D eigenvalue weighted by molar-refractivity contribution is 5.89. The normalized spacial score (nSPS) is 10.2. The van der Waals surface area contributed by atoms with Crippen LogP contribution in [0.4, 0.5) is 5.82 Å². The smallest absolute Gasteiger partial charge is 0.247 e. The molecule has 0 saturated carbocycles. The van der Waals surface area contributed by atoms with Crippen molar-refractivity contribution in [2.24, 2.45) is 0 Å². The zero-order chi connectivity index (χ0) is 10.7. The quantitative estimate of drug-likeness (QED) is 0.736. The van der Waals surface area contributed by atoms with Gasteiger partial charge in [-0.15, -0.1) is 0 Å². The minimum Gasteiger partial charge on any atom is -0.308 e. The third-order valence-corrected chi connectivity index (χ3v) is 1.75. The molecule has 0 fully saturated rings. The molecule has 0 atom stereocenters. The van der Waals surface area contributed by atoms with Gasteiger partial charge in [-0.2, -0.15) is 10.2 Å². The molecule has 78 valence electrons. The summed E-state index contributed by atoms with van der Waals surface area (Å²) in [5.41, 5.74) is 0.894. The average molecular weight is 206 g/mol. The Morgan fingerprint density at radius 3 is 3.13 bits per heavy atom. The number of nitrogens with one attached hydrogen (secondary N) is 2. The summed E-state index contributed by atoms with van der Waals surface area (Å²) >= 11 is 0. The van der Waals surface area contributed by atoms with Crippen molar-refractivity contribution in [1.82, 2.24) is 25.0 Å². The molecule has 2 heterocycles. The van der Waals surface area contributed by atoms with Gasteiger partial charge in [-0.05, 0) is 6.92 Å². The lowest BCUT2D eigenvalue weighted by atomic mass is 10.4. The van der Waals surface area contributed by atoms with Crippen molar-refractivity contribution in [2.75, 3.05) is 5.32 Å². The van der Waals surface area contributed by atoms with Crippen LogP contribution in [-0.4, -0.2) is 30.9 Å². The van der Waals surface area contributed by atoms with Gasteiger partial charge in [0.05, 0.1) is 0 Å². The molecule has 0 aliphatic heterocycles. The zero-order valence-corrected chi connectivity index (χ0v) is 8.14. The van der Waals surface area contributed by atoms with E-state index in [4.69, 9.17) is 0 Å². The van der Waals surface area contributed by atoms with Crippen molar-refractivity contribution >= 4 is 11.7 Å². The van der Waals surface area contributed by atoms with Crippen LogP contribution in [-0.2, 0) is 11.3 Å². The van der Waals surface area contributed by atoms with Gasteiger partial charge in [0.15, 0.2) is 5.82 Å². The molecule has 2 aromatic heterocycles. The first kappa shape index (κ1) is 9.38. The summed E-state index contributed by atoms with van der Waals surface area (Å²) in [4.78, 5) is 15.2. The predicted octanol–water partition coefficient (Wildman–Crippen LogP) is -0.0517. The molecule has 0 aromatic carbocycles. The molecule has 2 aromatic rings. The number of hydrogen-bond donors (Lipinski definition) is 2. The second kappa shape index (κ2) is 3.91. The number of aromatic amines is 1. The molecular weight excluding hydrogens is 196 g/mol. The Bertz CT molecular complexity index is 445. The highest BCUT2D eigenvalue weighted by atomic mass is 16.2. The van der Waals surface area contributed by atoms with E-state index in [0.717, 1.165) is 5.69 Å². The van der Waals surface area contributed by atoms with Crippen molar-refractivity contribution in [3.63, 3.8) is 0 Å². The molecule has 0 aliphatic carbocycles. The predicted molar refractivity (Wildman–Crippen MR) is 52.0 cm³/mol. The second-order valence-corrected chi connectivity index (χ2v) is 3.08. The topological polar surface area (TPSA) is 88.5 Å². The standard InChI is InChI=1S/C8H10N6O/c1-6-2-7(13-12-6)11-8(15)3-14-5-9-4-10-14/h2,4-5H,3H2,1H3,(H2,11,12,13,15). The summed E-state index contributed by atoms with van der Waals surface area (Å²) in [6.45, 7) is 1.99. The lowest BCUT2D eigenvalue weighted by Gasteiger charge is -2.00. The van der Waals surface area contributed by atoms with Gasteiger partial charge >= 0.3 is 0 Å². The number of carbonyl (C=O) groups excluding carboxylic acids is 1. The molecule has 15 heavy (non-hydrogen) atoms. The van der Waals surface area contributed by atoms with E-state index < -0.39 is 0 Å². The summed E-state index contributed by atoms with van der Waals surface area (Å²) in [6, 6.07) is 1.75. The zero-order valence-electron chi connectivity index (χ0n) is 8.14. The van der Waals surface area contributed by atoms with Crippen LogP contribution in [0.15, 0.2) is 18.7 Å². The molecule has 0 unspecified atom stereocenters. The number of rotatable bonds is 3. The molecule has 0 spiro atoms. The number of anilines is 1. The number of aromatic nitrogens is 5. The first-order chi connectivity index (χ1) is 7.24. The van der Waals surface area contributed by atoms with Gasteiger partial charge in [-0.3, -0.25) is 9.89 Å². The van der Waals surface area contributed by atoms with Crippen LogP contribution in [0, 0.1) is 6.92 Å². The molecule has 1 amide bonds. The molecule has 0 bridgehead atoms. The fraction of sp³-hybridized carbons (Fsp3) is 0.250. The fourth-order valence-electron chi connectivity index (χ4n) is 1.13. The van der Waals surface area contributed by atoms with E-state index in [1.165, 1.54) is 17.3 Å². The van der Waals surface area contributed by atoms with E-state index in [1.807, 2.05) is 6.92 Å². The molecule has 0 aliphatic rings. The Labute approximate surface area is 85.5 Å². The Hall–Kier alpha value is -2.18. The Balaban J connectivity index is 1.93. The van der Waals surface area contributed by atoms with Crippen LogP contribution in [0.2, 0.25) is 0 Å². The Morgan fingerprint density at radius 2 is 2.53 bits per heavy atom. The maximum Gasteiger partial charge on any atom is 0.247 e. The molecule has 7 heteroatoms. The van der Waals surface area contributed by atoms with E-state index in [2.05, 4.69) is 25.6 Å². The Morgan fingerprint density at radius 1 is 1.67 bits per heavy atom. The van der Waals surface area contributed by atoms with Gasteiger partial charge in [0.1, 0.15) is 19.2 Å². The van der Waals surface area contributed by atoms with Gasteiger partial charge in [-0.25, -0.2) is 9.67 Å².